The van der Waals surface area contributed by atoms with Crippen molar-refractivity contribution in [3.05, 3.63) is 137 Å². The van der Waals surface area contributed by atoms with Gasteiger partial charge >= 0.3 is 41.8 Å². The summed E-state index contributed by atoms with van der Waals surface area (Å²) in [6, 6.07) is 20.2. The number of hydrogen-bond donors (Lipinski definition) is 0. The minimum Gasteiger partial charge on any atom is -0.463 e. The first-order valence-electron chi connectivity index (χ1n) is 18.9. The van der Waals surface area contributed by atoms with Gasteiger partial charge in [-0.15, -0.1) is 0 Å². The van der Waals surface area contributed by atoms with Crippen LogP contribution in [-0.4, -0.2) is 67.6 Å². The van der Waals surface area contributed by atoms with Gasteiger partial charge in [-0.1, -0.05) is 13.2 Å². The van der Waals surface area contributed by atoms with E-state index in [0.717, 1.165) is 12.2 Å². The minimum absolute atomic E-state index is 0.00890. The van der Waals surface area contributed by atoms with E-state index in [2.05, 4.69) is 18.1 Å². The number of benzene rings is 4. The first kappa shape index (κ1) is 45.0. The summed E-state index contributed by atoms with van der Waals surface area (Å²) < 4.78 is 46.4. The lowest BCUT2D eigenvalue weighted by Gasteiger charge is -2.10. The molecule has 17 heteroatoms. The van der Waals surface area contributed by atoms with Crippen molar-refractivity contribution in [2.45, 2.75) is 32.6 Å². The van der Waals surface area contributed by atoms with Crippen LogP contribution in [0.2, 0.25) is 0 Å². The summed E-state index contributed by atoms with van der Waals surface area (Å²) in [5.41, 5.74) is 0.739. The zero-order chi connectivity index (χ0) is 44.4. The number of fused-ring (bicyclic) bond motifs is 1. The van der Waals surface area contributed by atoms with Gasteiger partial charge in [-0.3, -0.25) is 0 Å². The Morgan fingerprint density at radius 1 is 0.581 bits per heavy atom. The maximum atomic E-state index is 13.1. The van der Waals surface area contributed by atoms with Crippen LogP contribution < -0.4 is 24.6 Å². The number of esters is 4. The van der Waals surface area contributed by atoms with E-state index in [9.17, 15) is 33.6 Å². The quantitative estimate of drug-likeness (QED) is 0.0194. The van der Waals surface area contributed by atoms with Gasteiger partial charge < -0.3 is 42.3 Å². The summed E-state index contributed by atoms with van der Waals surface area (Å²) in [7, 11) is 0. The molecule has 0 bridgehead atoms. The molecule has 1 aromatic heterocycles. The van der Waals surface area contributed by atoms with E-state index in [1.807, 2.05) is 0 Å². The second kappa shape index (κ2) is 22.3. The average molecular weight is 850 g/mol. The van der Waals surface area contributed by atoms with Gasteiger partial charge in [0, 0.05) is 17.7 Å². The molecule has 62 heavy (non-hydrogen) atoms. The average Bonchev–Trinajstić information content (AvgIpc) is 3.26. The molecule has 0 N–H and O–H groups in total. The van der Waals surface area contributed by atoms with Crippen molar-refractivity contribution in [1.82, 2.24) is 4.98 Å². The fourth-order valence-electron chi connectivity index (χ4n) is 5.18. The molecule has 0 aliphatic carbocycles. The van der Waals surface area contributed by atoms with Crippen LogP contribution >= 0.6 is 0 Å². The summed E-state index contributed by atoms with van der Waals surface area (Å²) >= 11 is 0. The van der Waals surface area contributed by atoms with Gasteiger partial charge in [-0.25, -0.2) is 38.5 Å². The zero-order valence-corrected chi connectivity index (χ0v) is 33.3. The zero-order valence-electron chi connectivity index (χ0n) is 33.3. The maximum absolute atomic E-state index is 13.1. The Hall–Kier alpha value is -8.08. The van der Waals surface area contributed by atoms with Crippen molar-refractivity contribution in [3.8, 4) is 34.5 Å². The third-order valence-electron chi connectivity index (χ3n) is 8.36. The molecule has 0 unspecified atom stereocenters. The molecule has 4 aromatic carbocycles. The lowest BCUT2D eigenvalue weighted by atomic mass is 10.1. The second-order valence-corrected chi connectivity index (χ2v) is 12.9. The van der Waals surface area contributed by atoms with Gasteiger partial charge in [0.2, 0.25) is 5.89 Å². The van der Waals surface area contributed by atoms with Gasteiger partial charge in [0.1, 0.15) is 23.0 Å². The van der Waals surface area contributed by atoms with E-state index in [1.165, 1.54) is 66.7 Å². The van der Waals surface area contributed by atoms with Gasteiger partial charge in [-0.2, -0.15) is 0 Å². The van der Waals surface area contributed by atoms with Gasteiger partial charge in [0.05, 0.1) is 48.5 Å². The van der Waals surface area contributed by atoms with Crippen LogP contribution in [0.25, 0.3) is 22.4 Å². The highest BCUT2D eigenvalue weighted by Crippen LogP contribution is 2.27. The highest BCUT2D eigenvalue weighted by Gasteiger charge is 2.17. The number of ether oxygens (including phenoxy) is 8. The normalized spacial score (nSPS) is 10.5. The molecule has 5 rings (SSSR count). The summed E-state index contributed by atoms with van der Waals surface area (Å²) in [4.78, 5) is 89.3. The highest BCUT2D eigenvalue weighted by atomic mass is 16.7. The number of carbonyl (C=O) groups excluding carboxylic acids is 6. The van der Waals surface area contributed by atoms with Crippen LogP contribution in [0.3, 0.4) is 0 Å². The Bertz CT molecular complexity index is 2490. The summed E-state index contributed by atoms with van der Waals surface area (Å²) in [6.07, 6.45) is 2.08. The molecule has 0 radical (unpaired) electrons. The Morgan fingerprint density at radius 3 is 1.50 bits per heavy atom. The largest absolute Gasteiger partial charge is 0.513 e. The smallest absolute Gasteiger partial charge is 0.463 e. The van der Waals surface area contributed by atoms with Crippen LogP contribution in [0.1, 0.15) is 52.0 Å². The fourth-order valence-corrected chi connectivity index (χ4v) is 5.18. The number of unbranched alkanes of at least 4 members (excludes halogenated alkanes) is 2. The van der Waals surface area contributed by atoms with Crippen molar-refractivity contribution in [3.63, 3.8) is 0 Å². The number of hydrogen-bond acceptors (Lipinski definition) is 17. The molecule has 0 atom stereocenters. The number of aromatic nitrogens is 1. The predicted octanol–water partition coefficient (Wildman–Crippen LogP) is 7.65. The van der Waals surface area contributed by atoms with Gasteiger partial charge in [-0.05, 0) is 123 Å². The Balaban J connectivity index is 1.10. The fraction of sp³-hybridized carbons (Fsp3) is 0.200. The summed E-state index contributed by atoms with van der Waals surface area (Å²) in [5.74, 6) is -1.96. The molecule has 1 heterocycles. The summed E-state index contributed by atoms with van der Waals surface area (Å²) in [6.45, 7) is 8.71. The van der Waals surface area contributed by atoms with Crippen LogP contribution in [-0.2, 0) is 28.5 Å². The number of carbonyl (C=O) groups is 6. The van der Waals surface area contributed by atoms with E-state index in [1.54, 1.807) is 25.1 Å². The van der Waals surface area contributed by atoms with Crippen molar-refractivity contribution >= 4 is 47.1 Å². The SMILES string of the molecule is C=CC(=O)OCCCCOC(=O)Oc1ccc(C(=O)Oc2ccc(-c3nc4cc(C)c(OC(=O)c5ccc(OC(=O)OCCCCOC(=O)C=C)cc5)cc4c(=O)o3)cc2)cc1. The molecule has 0 spiro atoms. The molecule has 0 saturated heterocycles. The lowest BCUT2D eigenvalue weighted by Crippen LogP contribution is -2.13. The third kappa shape index (κ3) is 13.5. The van der Waals surface area contributed by atoms with Crippen molar-refractivity contribution in [1.29, 1.82) is 0 Å². The number of aryl methyl sites for hydroxylation is 1. The minimum atomic E-state index is -0.948. The monoisotopic (exact) mass is 849 g/mol. The standard InChI is InChI=1S/C45H39NO16/c1-4-38(47)54-22-6-8-24-56-44(52)59-33-18-12-30(13-19-33)41(49)58-32-16-10-29(11-17-32)40-46-36-26-28(3)37(27-35(36)43(51)62-40)61-42(50)31-14-20-34(21-15-31)60-45(53)57-25-9-7-23-55-39(48)5-2/h4-5,10-21,26-27H,1-2,6-9,22-25H2,3H3. The molecule has 0 amide bonds. The maximum Gasteiger partial charge on any atom is 0.513 e. The second-order valence-electron chi connectivity index (χ2n) is 12.9. The van der Waals surface area contributed by atoms with Gasteiger partial charge in [0.15, 0.2) is 0 Å². The van der Waals surface area contributed by atoms with Crippen LogP contribution in [0, 0.1) is 6.92 Å². The molecular weight excluding hydrogens is 810 g/mol. The van der Waals surface area contributed by atoms with Crippen LogP contribution in [0.4, 0.5) is 9.59 Å². The topological polar surface area (TPSA) is 219 Å². The Morgan fingerprint density at radius 2 is 1.02 bits per heavy atom. The predicted molar refractivity (Wildman–Crippen MR) is 218 cm³/mol. The third-order valence-corrected chi connectivity index (χ3v) is 8.36. The molecule has 320 valence electrons. The molecule has 0 aliphatic rings. The Labute approximate surface area is 353 Å². The van der Waals surface area contributed by atoms with Crippen molar-refractivity contribution < 1.29 is 71.1 Å². The van der Waals surface area contributed by atoms with E-state index >= 15 is 0 Å². The number of rotatable bonds is 19. The van der Waals surface area contributed by atoms with E-state index < -0.39 is 41.8 Å². The Kier molecular flexibility index (Phi) is 16.2. The first-order valence-corrected chi connectivity index (χ1v) is 18.9. The van der Waals surface area contributed by atoms with Gasteiger partial charge in [0.25, 0.3) is 0 Å². The van der Waals surface area contributed by atoms with E-state index in [-0.39, 0.29) is 77.3 Å². The van der Waals surface area contributed by atoms with E-state index in [4.69, 9.17) is 42.3 Å². The van der Waals surface area contributed by atoms with Crippen LogP contribution in [0.15, 0.2) is 119 Å². The molecule has 5 aromatic rings. The van der Waals surface area contributed by atoms with Crippen LogP contribution in [0.5, 0.6) is 23.0 Å². The van der Waals surface area contributed by atoms with Crippen molar-refractivity contribution in [2.24, 2.45) is 0 Å². The molecular formula is C45H39NO16. The highest BCUT2D eigenvalue weighted by molar-refractivity contribution is 5.93. The molecule has 0 aliphatic heterocycles. The molecule has 0 saturated carbocycles. The lowest BCUT2D eigenvalue weighted by molar-refractivity contribution is -0.138. The molecule has 17 nitrogen and oxygen atoms in total. The van der Waals surface area contributed by atoms with E-state index in [0.29, 0.717) is 36.8 Å². The first-order chi connectivity index (χ1) is 29.9. The molecule has 0 fully saturated rings. The van der Waals surface area contributed by atoms with Crippen molar-refractivity contribution in [2.75, 3.05) is 26.4 Å². The number of nitrogens with zero attached hydrogens (tertiary/aromatic N) is 1. The summed E-state index contributed by atoms with van der Waals surface area (Å²) in [5, 5.41) is 0.0572.